The smallest absolute Gasteiger partial charge is 0.114 e. The van der Waals surface area contributed by atoms with Gasteiger partial charge in [-0.3, -0.25) is 0 Å². The van der Waals surface area contributed by atoms with Gasteiger partial charge in [0.05, 0.1) is 12.6 Å². The van der Waals surface area contributed by atoms with Crippen LogP contribution in [0.25, 0.3) is 0 Å². The summed E-state index contributed by atoms with van der Waals surface area (Å²) in [7, 11) is 1.72. The molecule has 2 rings (SSSR count). The Morgan fingerprint density at radius 3 is 2.48 bits per heavy atom. The predicted octanol–water partition coefficient (Wildman–Crippen LogP) is 3.77. The average Bonchev–Trinajstić information content (AvgIpc) is 2.97. The third-order valence-electron chi connectivity index (χ3n) is 3.46. The standard InChI is InChI=1S/C17H24N2OS/c1-17(2,3)14-7-5-13(6-8-14)15(18-9-11-20-4)16-19-10-12-21-16/h5-8,10,12,15,18H,9,11H2,1-4H3. The summed E-state index contributed by atoms with van der Waals surface area (Å²) in [5.74, 6) is 0. The molecule has 1 heterocycles. The highest BCUT2D eigenvalue weighted by atomic mass is 32.1. The van der Waals surface area contributed by atoms with Gasteiger partial charge in [0.15, 0.2) is 0 Å². The largest absolute Gasteiger partial charge is 0.383 e. The van der Waals surface area contributed by atoms with E-state index in [2.05, 4.69) is 55.3 Å². The Balaban J connectivity index is 2.20. The molecule has 0 saturated carbocycles. The van der Waals surface area contributed by atoms with Gasteiger partial charge in [-0.05, 0) is 16.5 Å². The second-order valence-corrected chi connectivity index (χ2v) is 7.05. The second kappa shape index (κ2) is 7.16. The van der Waals surface area contributed by atoms with Gasteiger partial charge in [0.25, 0.3) is 0 Å². The molecule has 0 amide bonds. The quantitative estimate of drug-likeness (QED) is 0.825. The molecule has 1 aromatic carbocycles. The summed E-state index contributed by atoms with van der Waals surface area (Å²) in [6.45, 7) is 8.20. The Labute approximate surface area is 131 Å². The first-order valence-corrected chi connectivity index (χ1v) is 8.12. The van der Waals surface area contributed by atoms with Crippen molar-refractivity contribution in [1.29, 1.82) is 0 Å². The number of nitrogens with zero attached hydrogens (tertiary/aromatic N) is 1. The van der Waals surface area contributed by atoms with Crippen molar-refractivity contribution in [3.05, 3.63) is 52.0 Å². The van der Waals surface area contributed by atoms with Gasteiger partial charge in [-0.15, -0.1) is 11.3 Å². The van der Waals surface area contributed by atoms with E-state index in [-0.39, 0.29) is 11.5 Å². The molecule has 0 saturated heterocycles. The van der Waals surface area contributed by atoms with Crippen LogP contribution >= 0.6 is 11.3 Å². The first-order valence-electron chi connectivity index (χ1n) is 7.24. The number of methoxy groups -OCH3 is 1. The van der Waals surface area contributed by atoms with Gasteiger partial charge in [-0.2, -0.15) is 0 Å². The van der Waals surface area contributed by atoms with Crippen LogP contribution in [-0.2, 0) is 10.2 Å². The van der Waals surface area contributed by atoms with Crippen LogP contribution in [0.2, 0.25) is 0 Å². The van der Waals surface area contributed by atoms with E-state index in [0.717, 1.165) is 11.6 Å². The SMILES string of the molecule is COCCNC(c1ccc(C(C)(C)C)cc1)c1nccs1. The van der Waals surface area contributed by atoms with Gasteiger partial charge in [0.2, 0.25) is 0 Å². The zero-order valence-electron chi connectivity index (χ0n) is 13.2. The number of ether oxygens (including phenoxy) is 1. The molecule has 1 aromatic heterocycles. The van der Waals surface area contributed by atoms with E-state index in [4.69, 9.17) is 4.74 Å². The Kier molecular flexibility index (Phi) is 5.51. The fourth-order valence-corrected chi connectivity index (χ4v) is 2.94. The molecule has 0 spiro atoms. The number of aromatic nitrogens is 1. The van der Waals surface area contributed by atoms with E-state index >= 15 is 0 Å². The maximum absolute atomic E-state index is 5.13. The van der Waals surface area contributed by atoms with Crippen LogP contribution in [0.5, 0.6) is 0 Å². The van der Waals surface area contributed by atoms with E-state index in [0.29, 0.717) is 6.61 Å². The van der Waals surface area contributed by atoms with Crippen LogP contribution < -0.4 is 5.32 Å². The minimum Gasteiger partial charge on any atom is -0.383 e. The molecule has 1 unspecified atom stereocenters. The summed E-state index contributed by atoms with van der Waals surface area (Å²) >= 11 is 1.68. The number of thiazole rings is 1. The van der Waals surface area contributed by atoms with Crippen LogP contribution in [0.1, 0.15) is 42.9 Å². The minimum atomic E-state index is 0.133. The second-order valence-electron chi connectivity index (χ2n) is 6.12. The summed E-state index contributed by atoms with van der Waals surface area (Å²) in [6, 6.07) is 8.97. The van der Waals surface area contributed by atoms with Crippen LogP contribution in [-0.4, -0.2) is 25.2 Å². The fraction of sp³-hybridized carbons (Fsp3) is 0.471. The van der Waals surface area contributed by atoms with E-state index in [1.807, 2.05) is 11.6 Å². The summed E-state index contributed by atoms with van der Waals surface area (Å²) in [5.41, 5.74) is 2.77. The molecule has 4 heteroatoms. The van der Waals surface area contributed by atoms with Crippen molar-refractivity contribution in [1.82, 2.24) is 10.3 Å². The molecule has 1 atom stereocenters. The van der Waals surface area contributed by atoms with Crippen LogP contribution in [0, 0.1) is 0 Å². The van der Waals surface area contributed by atoms with Crippen LogP contribution in [0.15, 0.2) is 35.8 Å². The zero-order chi connectivity index (χ0) is 15.3. The van der Waals surface area contributed by atoms with Gasteiger partial charge in [0, 0.05) is 25.2 Å². The molecule has 114 valence electrons. The van der Waals surface area contributed by atoms with E-state index < -0.39 is 0 Å². The summed E-state index contributed by atoms with van der Waals surface area (Å²) < 4.78 is 5.13. The lowest BCUT2D eigenvalue weighted by molar-refractivity contribution is 0.197. The monoisotopic (exact) mass is 304 g/mol. The lowest BCUT2D eigenvalue weighted by Crippen LogP contribution is -2.26. The van der Waals surface area contributed by atoms with E-state index in [9.17, 15) is 0 Å². The predicted molar refractivity (Wildman–Crippen MR) is 89.0 cm³/mol. The fourth-order valence-electron chi connectivity index (χ4n) is 2.21. The highest BCUT2D eigenvalue weighted by molar-refractivity contribution is 7.09. The van der Waals surface area contributed by atoms with Crippen LogP contribution in [0.3, 0.4) is 0 Å². The van der Waals surface area contributed by atoms with Crippen molar-refractivity contribution in [2.45, 2.75) is 32.2 Å². The molecule has 0 bridgehead atoms. The van der Waals surface area contributed by atoms with E-state index in [1.165, 1.54) is 11.1 Å². The van der Waals surface area contributed by atoms with Gasteiger partial charge < -0.3 is 10.1 Å². The summed E-state index contributed by atoms with van der Waals surface area (Å²) in [4.78, 5) is 4.46. The minimum absolute atomic E-state index is 0.133. The molecule has 0 aliphatic carbocycles. The first-order chi connectivity index (χ1) is 10.0. The third-order valence-corrected chi connectivity index (χ3v) is 4.30. The third kappa shape index (κ3) is 4.37. The lowest BCUT2D eigenvalue weighted by atomic mass is 9.86. The van der Waals surface area contributed by atoms with Gasteiger partial charge in [-0.1, -0.05) is 45.0 Å². The molecular formula is C17H24N2OS. The molecule has 3 nitrogen and oxygen atoms in total. The van der Waals surface area contributed by atoms with Gasteiger partial charge in [0.1, 0.15) is 5.01 Å². The van der Waals surface area contributed by atoms with Gasteiger partial charge >= 0.3 is 0 Å². The molecule has 21 heavy (non-hydrogen) atoms. The molecule has 0 radical (unpaired) electrons. The molecule has 2 aromatic rings. The van der Waals surface area contributed by atoms with Crippen molar-refractivity contribution in [3.8, 4) is 0 Å². The van der Waals surface area contributed by atoms with Gasteiger partial charge in [-0.25, -0.2) is 4.98 Å². The average molecular weight is 304 g/mol. The highest BCUT2D eigenvalue weighted by Crippen LogP contribution is 2.27. The number of hydrogen-bond acceptors (Lipinski definition) is 4. The lowest BCUT2D eigenvalue weighted by Gasteiger charge is -2.21. The number of hydrogen-bond donors (Lipinski definition) is 1. The van der Waals surface area contributed by atoms with Crippen molar-refractivity contribution in [2.75, 3.05) is 20.3 Å². The molecule has 0 fully saturated rings. The molecular weight excluding hydrogens is 280 g/mol. The van der Waals surface area contributed by atoms with Crippen LogP contribution in [0.4, 0.5) is 0 Å². The molecule has 0 aliphatic heterocycles. The van der Waals surface area contributed by atoms with E-state index in [1.54, 1.807) is 18.4 Å². The zero-order valence-corrected chi connectivity index (χ0v) is 14.0. The Bertz CT molecular complexity index is 529. The summed E-state index contributed by atoms with van der Waals surface area (Å²) in [6.07, 6.45) is 1.86. The Morgan fingerprint density at radius 2 is 1.95 bits per heavy atom. The highest BCUT2D eigenvalue weighted by Gasteiger charge is 2.18. The number of nitrogens with one attached hydrogen (secondary N) is 1. The topological polar surface area (TPSA) is 34.1 Å². The molecule has 0 aliphatic rings. The van der Waals surface area contributed by atoms with Crippen molar-refractivity contribution in [3.63, 3.8) is 0 Å². The number of rotatable bonds is 6. The Hall–Kier alpha value is -1.23. The van der Waals surface area contributed by atoms with Crippen molar-refractivity contribution in [2.24, 2.45) is 0 Å². The van der Waals surface area contributed by atoms with Crippen molar-refractivity contribution >= 4 is 11.3 Å². The van der Waals surface area contributed by atoms with Crippen molar-refractivity contribution < 1.29 is 4.74 Å². The maximum atomic E-state index is 5.13. The molecule has 1 N–H and O–H groups in total. The normalized spacial score (nSPS) is 13.3. The Morgan fingerprint density at radius 1 is 1.24 bits per heavy atom. The summed E-state index contributed by atoms with van der Waals surface area (Å²) in [5, 5.41) is 6.63. The first kappa shape index (κ1) is 16.1. The number of benzene rings is 1. The maximum Gasteiger partial charge on any atom is 0.114 e.